The van der Waals surface area contributed by atoms with Crippen molar-refractivity contribution in [2.45, 2.75) is 11.8 Å². The SMILES string of the molecule is Cc1c(NC(=O)COC(=O)CSc2ccc(F)cc2)c(=O)n(-c2ccccc2)n1C. The molecule has 0 saturated heterocycles. The van der Waals surface area contributed by atoms with Crippen LogP contribution in [0, 0.1) is 12.7 Å². The summed E-state index contributed by atoms with van der Waals surface area (Å²) in [4.78, 5) is 37.5. The number of para-hydroxylation sites is 1. The number of anilines is 1. The Morgan fingerprint density at radius 3 is 2.43 bits per heavy atom. The average Bonchev–Trinajstić information content (AvgIpc) is 2.95. The van der Waals surface area contributed by atoms with Gasteiger partial charge in [0, 0.05) is 11.9 Å². The highest BCUT2D eigenvalue weighted by molar-refractivity contribution is 8.00. The number of nitrogens with zero attached hydrogens (tertiary/aromatic N) is 2. The minimum Gasteiger partial charge on any atom is -0.455 e. The highest BCUT2D eigenvalue weighted by atomic mass is 32.2. The van der Waals surface area contributed by atoms with Gasteiger partial charge >= 0.3 is 5.97 Å². The van der Waals surface area contributed by atoms with Crippen molar-refractivity contribution >= 4 is 29.3 Å². The van der Waals surface area contributed by atoms with Gasteiger partial charge in [-0.2, -0.15) is 0 Å². The van der Waals surface area contributed by atoms with Crippen LogP contribution in [0.2, 0.25) is 0 Å². The van der Waals surface area contributed by atoms with E-state index in [-0.39, 0.29) is 22.8 Å². The number of hydrogen-bond donors (Lipinski definition) is 1. The van der Waals surface area contributed by atoms with E-state index >= 15 is 0 Å². The number of carbonyl (C=O) groups excluding carboxylic acids is 2. The molecular weight excluding hydrogens is 409 g/mol. The Hall–Kier alpha value is -3.33. The molecule has 156 valence electrons. The standard InChI is InChI=1S/C21H20FN3O4S/c1-14-20(21(28)25(24(14)2)16-6-4-3-5-7-16)23-18(26)12-29-19(27)13-30-17-10-8-15(22)9-11-17/h3-11H,12-13H2,1-2H3,(H,23,26). The Bertz CT molecular complexity index is 1110. The molecule has 0 aliphatic heterocycles. The molecule has 0 saturated carbocycles. The van der Waals surface area contributed by atoms with Crippen LogP contribution in [0.1, 0.15) is 5.69 Å². The van der Waals surface area contributed by atoms with Crippen LogP contribution < -0.4 is 10.9 Å². The predicted molar refractivity (Wildman–Crippen MR) is 112 cm³/mol. The van der Waals surface area contributed by atoms with Gasteiger partial charge in [-0.3, -0.25) is 19.1 Å². The number of carbonyl (C=O) groups is 2. The lowest BCUT2D eigenvalue weighted by Gasteiger charge is -2.07. The summed E-state index contributed by atoms with van der Waals surface area (Å²) >= 11 is 1.17. The van der Waals surface area contributed by atoms with Crippen molar-refractivity contribution in [1.29, 1.82) is 0 Å². The molecule has 0 unspecified atom stereocenters. The van der Waals surface area contributed by atoms with Crippen molar-refractivity contribution in [3.8, 4) is 5.69 Å². The zero-order valence-corrected chi connectivity index (χ0v) is 17.2. The second-order valence-electron chi connectivity index (χ2n) is 6.39. The number of halogens is 1. The molecule has 1 aromatic heterocycles. The summed E-state index contributed by atoms with van der Waals surface area (Å²) in [7, 11) is 1.71. The number of thioether (sulfide) groups is 1. The Morgan fingerprint density at radius 1 is 1.10 bits per heavy atom. The van der Waals surface area contributed by atoms with Crippen molar-refractivity contribution in [1.82, 2.24) is 9.36 Å². The number of rotatable bonds is 7. The first-order chi connectivity index (χ1) is 14.4. The molecule has 0 spiro atoms. The zero-order chi connectivity index (χ0) is 21.7. The van der Waals surface area contributed by atoms with Crippen molar-refractivity contribution in [3.63, 3.8) is 0 Å². The average molecular weight is 429 g/mol. The highest BCUT2D eigenvalue weighted by Crippen LogP contribution is 2.18. The van der Waals surface area contributed by atoms with Crippen LogP contribution in [0.3, 0.4) is 0 Å². The van der Waals surface area contributed by atoms with Gasteiger partial charge in [0.05, 0.1) is 17.1 Å². The maximum Gasteiger partial charge on any atom is 0.316 e. The lowest BCUT2D eigenvalue weighted by Crippen LogP contribution is -2.26. The normalized spacial score (nSPS) is 10.6. The smallest absolute Gasteiger partial charge is 0.316 e. The monoisotopic (exact) mass is 429 g/mol. The van der Waals surface area contributed by atoms with Crippen LogP contribution in [0.15, 0.2) is 64.3 Å². The van der Waals surface area contributed by atoms with Crippen LogP contribution in [0.4, 0.5) is 10.1 Å². The van der Waals surface area contributed by atoms with E-state index < -0.39 is 18.5 Å². The first-order valence-corrected chi connectivity index (χ1v) is 10.0. The number of benzene rings is 2. The summed E-state index contributed by atoms with van der Waals surface area (Å²) in [5.41, 5.74) is 0.976. The fraction of sp³-hybridized carbons (Fsp3) is 0.190. The molecule has 3 aromatic rings. The third-order valence-corrected chi connectivity index (χ3v) is 5.34. The molecular formula is C21H20FN3O4S. The lowest BCUT2D eigenvalue weighted by atomic mass is 10.3. The second-order valence-corrected chi connectivity index (χ2v) is 7.44. The molecule has 2 aromatic carbocycles. The maximum atomic E-state index is 12.9. The van der Waals surface area contributed by atoms with E-state index in [0.717, 1.165) is 0 Å². The minimum absolute atomic E-state index is 0.0237. The van der Waals surface area contributed by atoms with Crippen molar-refractivity contribution < 1.29 is 18.7 Å². The van der Waals surface area contributed by atoms with E-state index in [2.05, 4.69) is 5.32 Å². The Kier molecular flexibility index (Phi) is 6.73. The molecule has 0 aliphatic carbocycles. The van der Waals surface area contributed by atoms with Crippen LogP contribution in [0.5, 0.6) is 0 Å². The van der Waals surface area contributed by atoms with E-state index in [9.17, 15) is 18.8 Å². The number of hydrogen-bond acceptors (Lipinski definition) is 5. The molecule has 1 heterocycles. The first kappa shape index (κ1) is 21.4. The number of aromatic nitrogens is 2. The predicted octanol–water partition coefficient (Wildman–Crippen LogP) is 2.90. The van der Waals surface area contributed by atoms with E-state index in [4.69, 9.17) is 4.74 Å². The molecule has 0 radical (unpaired) electrons. The van der Waals surface area contributed by atoms with E-state index in [1.807, 2.05) is 18.2 Å². The van der Waals surface area contributed by atoms with Crippen molar-refractivity contribution in [2.24, 2.45) is 7.05 Å². The summed E-state index contributed by atoms with van der Waals surface area (Å²) in [6.45, 7) is 1.20. The van der Waals surface area contributed by atoms with E-state index in [0.29, 0.717) is 16.3 Å². The molecule has 0 atom stereocenters. The summed E-state index contributed by atoms with van der Waals surface area (Å²) < 4.78 is 20.9. The quantitative estimate of drug-likeness (QED) is 0.461. The van der Waals surface area contributed by atoms with Gasteiger partial charge in [-0.1, -0.05) is 18.2 Å². The zero-order valence-electron chi connectivity index (χ0n) is 16.4. The Labute approximate surface area is 176 Å². The summed E-state index contributed by atoms with van der Waals surface area (Å²) in [5.74, 6) is -1.59. The summed E-state index contributed by atoms with van der Waals surface area (Å²) in [5, 5.41) is 2.53. The number of ether oxygens (including phenoxy) is 1. The molecule has 0 bridgehead atoms. The van der Waals surface area contributed by atoms with Gasteiger partial charge in [0.15, 0.2) is 6.61 Å². The van der Waals surface area contributed by atoms with Crippen LogP contribution in [0.25, 0.3) is 5.69 Å². The van der Waals surface area contributed by atoms with Gasteiger partial charge in [-0.05, 0) is 43.3 Å². The van der Waals surface area contributed by atoms with E-state index in [1.165, 1.54) is 28.6 Å². The molecule has 3 rings (SSSR count). The third kappa shape index (κ3) is 4.98. The number of esters is 1. The second kappa shape index (κ2) is 9.45. The molecule has 7 nitrogen and oxygen atoms in total. The first-order valence-electron chi connectivity index (χ1n) is 9.04. The lowest BCUT2D eigenvalue weighted by molar-refractivity contribution is -0.144. The van der Waals surface area contributed by atoms with Gasteiger partial charge < -0.3 is 10.1 Å². The Balaban J connectivity index is 1.58. The molecule has 1 N–H and O–H groups in total. The fourth-order valence-corrected chi connectivity index (χ4v) is 3.44. The van der Waals surface area contributed by atoms with Crippen molar-refractivity contribution in [3.05, 3.63) is 76.5 Å². The molecule has 9 heteroatoms. The molecule has 30 heavy (non-hydrogen) atoms. The summed E-state index contributed by atoms with van der Waals surface area (Å²) in [6.07, 6.45) is 0. The molecule has 1 amide bonds. The fourth-order valence-electron chi connectivity index (χ4n) is 2.75. The van der Waals surface area contributed by atoms with E-state index in [1.54, 1.807) is 42.9 Å². The Morgan fingerprint density at radius 2 is 1.77 bits per heavy atom. The number of amides is 1. The molecule has 0 aliphatic rings. The van der Waals surface area contributed by atoms with Crippen LogP contribution in [-0.4, -0.2) is 33.6 Å². The van der Waals surface area contributed by atoms with Crippen LogP contribution in [-0.2, 0) is 21.4 Å². The van der Waals surface area contributed by atoms with Crippen molar-refractivity contribution in [2.75, 3.05) is 17.7 Å². The topological polar surface area (TPSA) is 82.3 Å². The van der Waals surface area contributed by atoms with Gasteiger partial charge in [0.2, 0.25) is 0 Å². The number of nitrogens with one attached hydrogen (secondary N) is 1. The third-order valence-electron chi connectivity index (χ3n) is 4.35. The van der Waals surface area contributed by atoms with Gasteiger partial charge in [-0.15, -0.1) is 11.8 Å². The largest absolute Gasteiger partial charge is 0.455 e. The van der Waals surface area contributed by atoms with Gasteiger partial charge in [0.1, 0.15) is 11.5 Å². The van der Waals surface area contributed by atoms with Gasteiger partial charge in [-0.25, -0.2) is 9.07 Å². The van der Waals surface area contributed by atoms with Gasteiger partial charge in [0.25, 0.3) is 11.5 Å². The maximum absolute atomic E-state index is 12.9. The van der Waals surface area contributed by atoms with Crippen LogP contribution >= 0.6 is 11.8 Å². The highest BCUT2D eigenvalue weighted by Gasteiger charge is 2.18. The summed E-state index contributed by atoms with van der Waals surface area (Å²) in [6, 6.07) is 14.7. The minimum atomic E-state index is -0.610. The molecule has 0 fully saturated rings.